The van der Waals surface area contributed by atoms with Crippen molar-refractivity contribution in [1.82, 2.24) is 9.78 Å². The summed E-state index contributed by atoms with van der Waals surface area (Å²) >= 11 is 0. The highest BCUT2D eigenvalue weighted by atomic mass is 16.1. The van der Waals surface area contributed by atoms with E-state index in [1.165, 1.54) is 0 Å². The van der Waals surface area contributed by atoms with Gasteiger partial charge in [0.1, 0.15) is 0 Å². The molecule has 0 aliphatic carbocycles. The van der Waals surface area contributed by atoms with Gasteiger partial charge in [0.2, 0.25) is 5.91 Å². The number of rotatable bonds is 5. The second-order valence-corrected chi connectivity index (χ2v) is 4.84. The maximum absolute atomic E-state index is 11.4. The van der Waals surface area contributed by atoms with Crippen LogP contribution >= 0.6 is 0 Å². The predicted octanol–water partition coefficient (Wildman–Crippen LogP) is 2.48. The summed E-state index contributed by atoms with van der Waals surface area (Å²) in [7, 11) is 0. The molecule has 1 unspecified atom stereocenters. The molecule has 1 aromatic carbocycles. The zero-order valence-corrected chi connectivity index (χ0v) is 12.1. The molecular weight excluding hydrogens is 252 g/mol. The third-order valence-electron chi connectivity index (χ3n) is 3.45. The van der Waals surface area contributed by atoms with Gasteiger partial charge in [-0.25, -0.2) is 0 Å². The fraction of sp³-hybridized carbons (Fsp3) is 0.333. The van der Waals surface area contributed by atoms with Gasteiger partial charge in [0.05, 0.1) is 12.2 Å². The van der Waals surface area contributed by atoms with Crippen molar-refractivity contribution in [2.24, 2.45) is 5.73 Å². The van der Waals surface area contributed by atoms with Crippen LogP contribution in [-0.2, 0) is 6.54 Å². The number of nitrogens with zero attached hydrogens (tertiary/aromatic N) is 2. The Bertz CT molecular complexity index is 618. The summed E-state index contributed by atoms with van der Waals surface area (Å²) in [5.74, 6) is -0.405. The minimum Gasteiger partial charge on any atom is -0.378 e. The Hall–Kier alpha value is -2.30. The number of carbonyl (C=O) groups is 1. The Balaban J connectivity index is 2.21. The van der Waals surface area contributed by atoms with Gasteiger partial charge in [-0.05, 0) is 38.5 Å². The molecule has 2 rings (SSSR count). The van der Waals surface area contributed by atoms with Gasteiger partial charge < -0.3 is 11.1 Å². The standard InChI is InChI=1S/C15H20N4O/c1-4-19-9-12(8-17-19)11(3)18-14-7-5-6-13(10(14)2)15(16)20/h5-9,11,18H,4H2,1-3H3,(H2,16,20). The van der Waals surface area contributed by atoms with E-state index in [9.17, 15) is 4.79 Å². The van der Waals surface area contributed by atoms with Gasteiger partial charge in [-0.1, -0.05) is 6.07 Å². The summed E-state index contributed by atoms with van der Waals surface area (Å²) < 4.78 is 1.89. The van der Waals surface area contributed by atoms with E-state index in [2.05, 4.69) is 24.3 Å². The monoisotopic (exact) mass is 272 g/mol. The quantitative estimate of drug-likeness (QED) is 0.878. The van der Waals surface area contributed by atoms with Crippen LogP contribution in [0.2, 0.25) is 0 Å². The molecule has 1 amide bonds. The van der Waals surface area contributed by atoms with Gasteiger partial charge in [-0.2, -0.15) is 5.10 Å². The lowest BCUT2D eigenvalue weighted by Gasteiger charge is -2.17. The fourth-order valence-corrected chi connectivity index (χ4v) is 2.15. The Kier molecular flexibility index (Phi) is 4.08. The van der Waals surface area contributed by atoms with Crippen LogP contribution in [0.4, 0.5) is 5.69 Å². The highest BCUT2D eigenvalue weighted by Gasteiger charge is 2.12. The fourth-order valence-electron chi connectivity index (χ4n) is 2.15. The second kappa shape index (κ2) is 5.77. The molecular formula is C15H20N4O. The lowest BCUT2D eigenvalue weighted by molar-refractivity contribution is 0.1000. The van der Waals surface area contributed by atoms with Gasteiger partial charge >= 0.3 is 0 Å². The van der Waals surface area contributed by atoms with Crippen molar-refractivity contribution in [3.63, 3.8) is 0 Å². The van der Waals surface area contributed by atoms with Crippen LogP contribution in [0.5, 0.6) is 0 Å². The van der Waals surface area contributed by atoms with E-state index in [-0.39, 0.29) is 6.04 Å². The minimum atomic E-state index is -0.405. The number of carbonyl (C=O) groups excluding carboxylic acids is 1. The van der Waals surface area contributed by atoms with E-state index in [1.54, 1.807) is 6.07 Å². The number of primary amides is 1. The van der Waals surface area contributed by atoms with Gasteiger partial charge in [0.15, 0.2) is 0 Å². The topological polar surface area (TPSA) is 72.9 Å². The van der Waals surface area contributed by atoms with Crippen molar-refractivity contribution >= 4 is 11.6 Å². The molecule has 106 valence electrons. The van der Waals surface area contributed by atoms with Crippen molar-refractivity contribution in [3.8, 4) is 0 Å². The summed E-state index contributed by atoms with van der Waals surface area (Å²) in [5.41, 5.74) is 8.81. The van der Waals surface area contributed by atoms with Crippen LogP contribution in [0.3, 0.4) is 0 Å². The zero-order chi connectivity index (χ0) is 14.7. The number of hydrogen-bond acceptors (Lipinski definition) is 3. The van der Waals surface area contributed by atoms with Gasteiger partial charge in [-0.3, -0.25) is 9.48 Å². The number of benzene rings is 1. The van der Waals surface area contributed by atoms with E-state index in [1.807, 2.05) is 36.1 Å². The molecule has 0 aliphatic heterocycles. The Labute approximate surface area is 118 Å². The molecule has 1 aromatic heterocycles. The number of hydrogen-bond donors (Lipinski definition) is 2. The summed E-state index contributed by atoms with van der Waals surface area (Å²) in [4.78, 5) is 11.4. The number of nitrogens with two attached hydrogens (primary N) is 1. The molecule has 0 fully saturated rings. The number of amides is 1. The largest absolute Gasteiger partial charge is 0.378 e. The summed E-state index contributed by atoms with van der Waals surface area (Å²) in [6.45, 7) is 6.86. The predicted molar refractivity (Wildman–Crippen MR) is 79.6 cm³/mol. The Morgan fingerprint density at radius 3 is 2.85 bits per heavy atom. The molecule has 2 aromatic rings. The molecule has 5 heteroatoms. The number of aryl methyl sites for hydroxylation is 1. The van der Waals surface area contributed by atoms with Gasteiger partial charge in [0.25, 0.3) is 0 Å². The van der Waals surface area contributed by atoms with Gasteiger partial charge in [-0.15, -0.1) is 0 Å². The summed E-state index contributed by atoms with van der Waals surface area (Å²) in [6.07, 6.45) is 3.87. The van der Waals surface area contributed by atoms with Crippen LogP contribution in [0.25, 0.3) is 0 Å². The summed E-state index contributed by atoms with van der Waals surface area (Å²) in [5, 5.41) is 7.67. The SMILES string of the molecule is CCn1cc(C(C)Nc2cccc(C(N)=O)c2C)cn1. The second-order valence-electron chi connectivity index (χ2n) is 4.84. The van der Waals surface area contributed by atoms with Crippen LogP contribution in [-0.4, -0.2) is 15.7 Å². The summed E-state index contributed by atoms with van der Waals surface area (Å²) in [6, 6.07) is 5.63. The van der Waals surface area contributed by atoms with Crippen LogP contribution in [0.15, 0.2) is 30.6 Å². The molecule has 3 N–H and O–H groups in total. The first-order valence-electron chi connectivity index (χ1n) is 6.71. The van der Waals surface area contributed by atoms with Crippen LogP contribution < -0.4 is 11.1 Å². The molecule has 0 saturated carbocycles. The lowest BCUT2D eigenvalue weighted by Crippen LogP contribution is -2.14. The number of anilines is 1. The Morgan fingerprint density at radius 1 is 1.50 bits per heavy atom. The highest BCUT2D eigenvalue weighted by Crippen LogP contribution is 2.24. The van der Waals surface area contributed by atoms with Crippen molar-refractivity contribution in [3.05, 3.63) is 47.3 Å². The molecule has 0 radical (unpaired) electrons. The lowest BCUT2D eigenvalue weighted by atomic mass is 10.0. The maximum atomic E-state index is 11.4. The third-order valence-corrected chi connectivity index (χ3v) is 3.45. The smallest absolute Gasteiger partial charge is 0.249 e. The molecule has 0 spiro atoms. The average molecular weight is 272 g/mol. The van der Waals surface area contributed by atoms with E-state index >= 15 is 0 Å². The first-order chi connectivity index (χ1) is 9.52. The van der Waals surface area contributed by atoms with Crippen LogP contribution in [0, 0.1) is 6.92 Å². The molecule has 20 heavy (non-hydrogen) atoms. The van der Waals surface area contributed by atoms with Crippen molar-refractivity contribution in [2.75, 3.05) is 5.32 Å². The molecule has 1 heterocycles. The Morgan fingerprint density at radius 2 is 2.25 bits per heavy atom. The molecule has 5 nitrogen and oxygen atoms in total. The van der Waals surface area contributed by atoms with E-state index in [4.69, 9.17) is 5.73 Å². The molecule has 0 bridgehead atoms. The first kappa shape index (κ1) is 14.1. The maximum Gasteiger partial charge on any atom is 0.249 e. The van der Waals surface area contributed by atoms with Crippen molar-refractivity contribution in [1.29, 1.82) is 0 Å². The van der Waals surface area contributed by atoms with Crippen molar-refractivity contribution in [2.45, 2.75) is 33.4 Å². The molecule has 0 saturated heterocycles. The number of aromatic nitrogens is 2. The highest BCUT2D eigenvalue weighted by molar-refractivity contribution is 5.95. The first-order valence-corrected chi connectivity index (χ1v) is 6.71. The number of nitrogens with one attached hydrogen (secondary N) is 1. The van der Waals surface area contributed by atoms with E-state index in [0.717, 1.165) is 23.4 Å². The van der Waals surface area contributed by atoms with Crippen molar-refractivity contribution < 1.29 is 4.79 Å². The normalized spacial score (nSPS) is 12.2. The van der Waals surface area contributed by atoms with E-state index < -0.39 is 5.91 Å². The average Bonchev–Trinajstić information content (AvgIpc) is 2.89. The third kappa shape index (κ3) is 2.82. The van der Waals surface area contributed by atoms with Crippen LogP contribution in [0.1, 0.15) is 41.4 Å². The van der Waals surface area contributed by atoms with E-state index in [0.29, 0.717) is 5.56 Å². The minimum absolute atomic E-state index is 0.108. The van der Waals surface area contributed by atoms with Gasteiger partial charge in [0, 0.05) is 29.6 Å². The molecule has 0 aliphatic rings. The zero-order valence-electron chi connectivity index (χ0n) is 12.1. The molecule has 1 atom stereocenters.